The van der Waals surface area contributed by atoms with Crippen molar-refractivity contribution in [2.75, 3.05) is 0 Å². The predicted molar refractivity (Wildman–Crippen MR) is 577 cm³/mol. The summed E-state index contributed by atoms with van der Waals surface area (Å²) >= 11 is 5.69. The molecule has 0 radical (unpaired) electrons. The third-order valence-electron chi connectivity index (χ3n) is 31.8. The van der Waals surface area contributed by atoms with Gasteiger partial charge < -0.3 is 0 Å². The van der Waals surface area contributed by atoms with Crippen molar-refractivity contribution in [3.05, 3.63) is 397 Å². The zero-order valence-electron chi connectivity index (χ0n) is 77.5. The van der Waals surface area contributed by atoms with Gasteiger partial charge in [0.25, 0.3) is 0 Å². The molecule has 0 saturated heterocycles. The van der Waals surface area contributed by atoms with Gasteiger partial charge in [-0.15, -0.1) is 34.0 Å². The van der Waals surface area contributed by atoms with Gasteiger partial charge in [-0.25, -0.2) is 29.9 Å². The summed E-state index contributed by atoms with van der Waals surface area (Å²) in [7, 11) is 0. The van der Waals surface area contributed by atoms with E-state index in [0.717, 1.165) is 101 Å². The van der Waals surface area contributed by atoms with E-state index in [2.05, 4.69) is 411 Å². The average molecular weight is 1790 g/mol. The van der Waals surface area contributed by atoms with Crippen LogP contribution >= 0.6 is 34.0 Å². The van der Waals surface area contributed by atoms with Crippen LogP contribution in [0.1, 0.15) is 116 Å². The van der Waals surface area contributed by atoms with E-state index in [4.69, 9.17) is 29.9 Å². The second kappa shape index (κ2) is 30.5. The molecule has 0 spiro atoms. The maximum absolute atomic E-state index is 5.21. The Balaban J connectivity index is 0.000000108. The number of hydrogen-bond donors (Lipinski definition) is 0. The second-order valence-corrected chi connectivity index (χ2v) is 43.6. The first-order valence-electron chi connectivity index (χ1n) is 47.0. The van der Waals surface area contributed by atoms with E-state index in [1.54, 1.807) is 0 Å². The van der Waals surface area contributed by atoms with Gasteiger partial charge >= 0.3 is 0 Å². The minimum absolute atomic E-state index is 0.0440. The molecule has 3 aliphatic carbocycles. The fourth-order valence-electron chi connectivity index (χ4n) is 22.7. The Bertz CT molecular complexity index is 9120. The summed E-state index contributed by atoms with van der Waals surface area (Å²) in [5.41, 5.74) is 30.1. The summed E-state index contributed by atoms with van der Waals surface area (Å²) in [5.74, 6) is 1.52. The topological polar surface area (TPSA) is 77.3 Å². The lowest BCUT2D eigenvalue weighted by molar-refractivity contribution is 0.301. The molecule has 27 rings (SSSR count). The lowest BCUT2D eigenvalue weighted by Gasteiger charge is -2.49. The number of aromatic nitrogens is 6. The molecule has 0 N–H and O–H groups in total. The van der Waals surface area contributed by atoms with Crippen LogP contribution in [0.3, 0.4) is 0 Å². The van der Waals surface area contributed by atoms with Crippen LogP contribution < -0.4 is 0 Å². The molecule has 6 heterocycles. The van der Waals surface area contributed by atoms with E-state index in [-0.39, 0.29) is 32.5 Å². The maximum atomic E-state index is 5.21. The summed E-state index contributed by atoms with van der Waals surface area (Å²) in [5, 5.41) is 18.1. The largest absolute Gasteiger partial charge is 0.244 e. The maximum Gasteiger partial charge on any atom is 0.160 e. The molecule has 0 atom stereocenters. The number of hydrogen-bond acceptors (Lipinski definition) is 9. The summed E-state index contributed by atoms with van der Waals surface area (Å²) in [6.45, 7) is 29.1. The predicted octanol–water partition coefficient (Wildman–Crippen LogP) is 35.2. The highest BCUT2D eigenvalue weighted by Gasteiger charge is 2.51. The van der Waals surface area contributed by atoms with Gasteiger partial charge in [0.15, 0.2) is 11.6 Å². The zero-order valence-corrected chi connectivity index (χ0v) is 80.0. The molecule has 9 heteroatoms. The molecule has 135 heavy (non-hydrogen) atoms. The monoisotopic (exact) mass is 1790 g/mol. The van der Waals surface area contributed by atoms with Crippen LogP contribution in [0.25, 0.3) is 227 Å². The molecular formula is C126H96N6S3. The van der Waals surface area contributed by atoms with Crippen LogP contribution in [0.15, 0.2) is 364 Å². The standard InChI is InChI=1S/3C42H32N2S/c1-41(2)32-24-27(40-43-33-17-11-10-16-31(33)39(44-40)26-13-6-5-7-14-26)18-20-29(32)30-21-23-35-37(38(30)42(41,3)4)36-28-15-9-8-12-25(28)19-22-34(36)45-35;1-41(2)33-24-37-32(23-30(33)29-20-18-25-12-8-9-15-28(25)38(29)42(41,3)4)31-22-27(19-21-36(31)45-37)40-39(26-13-6-5-7-14-26)43-34-16-10-11-17-35(34)44-40;1-41(2)34-24-37-33(23-31(34)29-20-18-25-12-8-9-15-28(25)38(29)42(41,3)4)32-22-27(19-21-36(32)45-37)40-43-35-17-11-10-16-30(35)39(44-40)26-13-6-5-7-14-26/h3*5-24H,1-4H3. The molecule has 18 aromatic carbocycles. The first kappa shape index (κ1) is 82.3. The molecule has 0 aliphatic heterocycles. The van der Waals surface area contributed by atoms with Gasteiger partial charge in [-0.1, -0.05) is 350 Å². The number of benzene rings is 18. The lowest BCUT2D eigenvalue weighted by Crippen LogP contribution is -2.43. The second-order valence-electron chi connectivity index (χ2n) is 40.3. The highest BCUT2D eigenvalue weighted by Crippen LogP contribution is 2.62. The Morgan fingerprint density at radius 2 is 0.504 bits per heavy atom. The first-order chi connectivity index (χ1) is 65.4. The van der Waals surface area contributed by atoms with Crippen LogP contribution in [0.5, 0.6) is 0 Å². The smallest absolute Gasteiger partial charge is 0.160 e. The van der Waals surface area contributed by atoms with Crippen LogP contribution in [-0.4, -0.2) is 29.9 Å². The van der Waals surface area contributed by atoms with Crippen molar-refractivity contribution in [3.63, 3.8) is 0 Å². The fourth-order valence-corrected chi connectivity index (χ4v) is 26.0. The van der Waals surface area contributed by atoms with Crippen molar-refractivity contribution in [2.45, 2.75) is 116 Å². The highest BCUT2D eigenvalue weighted by molar-refractivity contribution is 7.26. The van der Waals surface area contributed by atoms with Crippen LogP contribution in [0.4, 0.5) is 0 Å². The summed E-state index contributed by atoms with van der Waals surface area (Å²) in [6.07, 6.45) is 0. The molecular weight excluding hydrogens is 1690 g/mol. The molecule has 3 aliphatic rings. The van der Waals surface area contributed by atoms with E-state index >= 15 is 0 Å². The highest BCUT2D eigenvalue weighted by atomic mass is 32.1. The van der Waals surface area contributed by atoms with E-state index in [0.29, 0.717) is 0 Å². The molecule has 648 valence electrons. The van der Waals surface area contributed by atoms with Gasteiger partial charge in [-0.05, 0) is 212 Å². The van der Waals surface area contributed by atoms with Crippen molar-refractivity contribution >= 4 is 160 Å². The third kappa shape index (κ3) is 12.6. The lowest BCUT2D eigenvalue weighted by atomic mass is 9.54. The molecule has 6 aromatic heterocycles. The van der Waals surface area contributed by atoms with Crippen LogP contribution in [-0.2, 0) is 32.5 Å². The molecule has 0 saturated carbocycles. The molecule has 0 amide bonds. The van der Waals surface area contributed by atoms with Crippen molar-refractivity contribution < 1.29 is 0 Å². The Kier molecular flexibility index (Phi) is 18.6. The van der Waals surface area contributed by atoms with E-state index in [1.165, 1.54) is 160 Å². The molecule has 0 bridgehead atoms. The van der Waals surface area contributed by atoms with Gasteiger partial charge in [0.2, 0.25) is 0 Å². The van der Waals surface area contributed by atoms with Gasteiger partial charge in [-0.3, -0.25) is 0 Å². The van der Waals surface area contributed by atoms with Crippen LogP contribution in [0.2, 0.25) is 0 Å². The average Bonchev–Trinajstić information content (AvgIpc) is 1.64. The summed E-state index contributed by atoms with van der Waals surface area (Å²) in [6, 6.07) is 132. The quantitative estimate of drug-likeness (QED) is 0.165. The Morgan fingerprint density at radius 3 is 1.01 bits per heavy atom. The number of para-hydroxylation sites is 4. The normalized spacial score (nSPS) is 15.0. The summed E-state index contributed by atoms with van der Waals surface area (Å²) in [4.78, 5) is 30.9. The van der Waals surface area contributed by atoms with Gasteiger partial charge in [0, 0.05) is 121 Å². The fraction of sp³-hybridized carbons (Fsp3) is 0.143. The number of fused-ring (bicyclic) bond motifs is 28. The number of thiophene rings is 3. The Morgan fingerprint density at radius 1 is 0.178 bits per heavy atom. The molecule has 0 unspecified atom stereocenters. The zero-order chi connectivity index (χ0) is 91.5. The van der Waals surface area contributed by atoms with Crippen molar-refractivity contribution in [2.24, 2.45) is 0 Å². The SMILES string of the molecule is CC1(C)c2cc(-c3nc(-c4ccccc4)c4ccccc4n3)ccc2-c2ccc3sc4ccc5ccccc5c4c3c2C1(C)C.CC1(C)c2cc3sc4ccc(-c5nc(-c6ccccc6)c6ccccc6n5)cc4c3cc2-c2ccc3ccccc3c2C1(C)C.CC1(C)c2cc3sc4ccc(-c5nc6ccccc6nc5-c5ccccc5)cc4c3cc2-c2ccc3ccccc3c2C1(C)C. The van der Waals surface area contributed by atoms with Crippen molar-refractivity contribution in [1.29, 1.82) is 0 Å². The van der Waals surface area contributed by atoms with Crippen molar-refractivity contribution in [1.82, 2.24) is 29.9 Å². The third-order valence-corrected chi connectivity index (χ3v) is 35.2. The minimum Gasteiger partial charge on any atom is -0.244 e. The van der Waals surface area contributed by atoms with Gasteiger partial charge in [0.1, 0.15) is 0 Å². The number of rotatable bonds is 6. The molecule has 24 aromatic rings. The van der Waals surface area contributed by atoms with E-state index < -0.39 is 0 Å². The molecule has 0 fully saturated rings. The number of nitrogens with zero attached hydrogens (tertiary/aromatic N) is 6. The van der Waals surface area contributed by atoms with Gasteiger partial charge in [0.05, 0.1) is 44.8 Å². The van der Waals surface area contributed by atoms with E-state index in [1.807, 2.05) is 70.4 Å². The van der Waals surface area contributed by atoms with E-state index in [9.17, 15) is 0 Å². The minimum atomic E-state index is -0.155. The van der Waals surface area contributed by atoms with Crippen molar-refractivity contribution in [3.8, 4) is 101 Å². The molecule has 6 nitrogen and oxygen atoms in total. The van der Waals surface area contributed by atoms with Crippen LogP contribution in [0, 0.1) is 0 Å². The summed E-state index contributed by atoms with van der Waals surface area (Å²) < 4.78 is 7.97. The first-order valence-corrected chi connectivity index (χ1v) is 49.5. The van der Waals surface area contributed by atoms with Gasteiger partial charge in [-0.2, -0.15) is 0 Å². The Labute approximate surface area is 797 Å². The Hall–Kier alpha value is -14.6.